The van der Waals surface area contributed by atoms with E-state index in [-0.39, 0.29) is 0 Å². The Morgan fingerprint density at radius 2 is 0.824 bits per heavy atom. The van der Waals surface area contributed by atoms with Gasteiger partial charge in [0.15, 0.2) is 0 Å². The highest BCUT2D eigenvalue weighted by molar-refractivity contribution is 4.98. The van der Waals surface area contributed by atoms with Crippen LogP contribution >= 0.6 is 0 Å². The first-order valence-electron chi connectivity index (χ1n) is 3.14. The van der Waals surface area contributed by atoms with E-state index in [0.717, 1.165) is 0 Å². The smallest absolute Gasteiger partial charge is 0.196 e. The third-order valence-corrected chi connectivity index (χ3v) is 0.558. The van der Waals surface area contributed by atoms with Crippen LogP contribution in [0.1, 0.15) is 0 Å². The lowest BCUT2D eigenvalue weighted by molar-refractivity contribution is -0.113. The van der Waals surface area contributed by atoms with Gasteiger partial charge in [-0.1, -0.05) is 0 Å². The topological polar surface area (TPSA) is 0 Å². The molecule has 0 aromatic heterocycles. The van der Waals surface area contributed by atoms with Crippen LogP contribution in [0.15, 0.2) is 37.2 Å². The van der Waals surface area contributed by atoms with E-state index < -0.39 is 30.2 Å². The number of alkyl halides is 3. The quantitative estimate of drug-likeness (QED) is 0.410. The predicted molar refractivity (Wildman–Crippen MR) is 39.1 cm³/mol. The van der Waals surface area contributed by atoms with E-state index in [0.29, 0.717) is 0 Å². The molecule has 0 saturated carbocycles. The van der Waals surface area contributed by atoms with E-state index in [2.05, 4.69) is 13.2 Å². The van der Waals surface area contributed by atoms with E-state index in [1.54, 1.807) is 0 Å². The molecule has 0 spiro atoms. The highest BCUT2D eigenvalue weighted by Crippen LogP contribution is 2.29. The maximum absolute atomic E-state index is 11.0. The molecule has 0 aromatic rings. The predicted octanol–water partition coefficient (Wildman–Crippen LogP) is 5.42. The lowest BCUT2D eigenvalue weighted by Gasteiger charge is -1.98. The largest absolute Gasteiger partial charge is 0.448 e. The molecule has 0 radical (unpaired) electrons. The lowest BCUT2D eigenvalue weighted by atomic mass is 10.6. The molecule has 10 heteroatoms. The molecule has 102 valence electrons. The van der Waals surface area contributed by atoms with E-state index >= 15 is 0 Å². The third-order valence-electron chi connectivity index (χ3n) is 0.558. The summed E-state index contributed by atoms with van der Waals surface area (Å²) in [6.45, 7) is 6.00. The Hall–Kier alpha value is -1.48. The average Bonchev–Trinajstić information content (AvgIpc) is 2.19. The minimum atomic E-state index is -5.56. The van der Waals surface area contributed by atoms with Crippen molar-refractivity contribution < 1.29 is 43.9 Å². The summed E-state index contributed by atoms with van der Waals surface area (Å²) in [6, 6.07) is 0. The summed E-state index contributed by atoms with van der Waals surface area (Å²) >= 11 is 0. The first-order valence-corrected chi connectivity index (χ1v) is 3.14. The van der Waals surface area contributed by atoms with Crippen molar-refractivity contribution in [3.8, 4) is 0 Å². The Morgan fingerprint density at radius 3 is 0.824 bits per heavy atom. The molecule has 0 bridgehead atoms. The van der Waals surface area contributed by atoms with Gasteiger partial charge in [-0.25, -0.2) is 0 Å². The van der Waals surface area contributed by atoms with Gasteiger partial charge in [0.1, 0.15) is 0 Å². The van der Waals surface area contributed by atoms with E-state index in [1.165, 1.54) is 0 Å². The first-order chi connectivity index (χ1) is 7.50. The van der Waals surface area contributed by atoms with Crippen LogP contribution in [0.25, 0.3) is 0 Å². The second kappa shape index (κ2) is 9.73. The van der Waals surface area contributed by atoms with Crippen LogP contribution in [0.3, 0.4) is 0 Å². The number of hydrogen-bond acceptors (Lipinski definition) is 0. The average molecular weight is 278 g/mol. The second-order valence-electron chi connectivity index (χ2n) is 1.59. The van der Waals surface area contributed by atoms with Gasteiger partial charge in [0, 0.05) is 0 Å². The van der Waals surface area contributed by atoms with Crippen molar-refractivity contribution in [2.75, 3.05) is 0 Å². The molecule has 0 aliphatic carbocycles. The summed E-state index contributed by atoms with van der Waals surface area (Å²) in [5, 5.41) is 0. The summed E-state index contributed by atoms with van der Waals surface area (Å²) in [5.41, 5.74) is 0. The normalized spacial score (nSPS) is 9.06. The van der Waals surface area contributed by atoms with Crippen LogP contribution in [0.4, 0.5) is 43.9 Å². The van der Waals surface area contributed by atoms with Gasteiger partial charge in [-0.15, -0.1) is 13.2 Å². The zero-order valence-electron chi connectivity index (χ0n) is 7.69. The Bertz CT molecular complexity index is 251. The van der Waals surface area contributed by atoms with Crippen molar-refractivity contribution >= 4 is 0 Å². The van der Waals surface area contributed by atoms with Crippen molar-refractivity contribution in [1.29, 1.82) is 0 Å². The van der Waals surface area contributed by atoms with Crippen molar-refractivity contribution in [3.63, 3.8) is 0 Å². The Morgan fingerprint density at radius 1 is 0.588 bits per heavy atom. The van der Waals surface area contributed by atoms with Gasteiger partial charge in [0.2, 0.25) is 0 Å². The summed E-state index contributed by atoms with van der Waals surface area (Å²) < 4.78 is 106. The molecule has 0 aliphatic heterocycles. The zero-order valence-corrected chi connectivity index (χ0v) is 7.69. The van der Waals surface area contributed by atoms with Gasteiger partial charge in [-0.3, -0.25) is 0 Å². The second-order valence-corrected chi connectivity index (χ2v) is 1.59. The molecule has 0 rings (SSSR count). The van der Waals surface area contributed by atoms with Gasteiger partial charge in [0.25, 0.3) is 5.83 Å². The Kier molecular flexibility index (Phi) is 11.9. The molecule has 17 heavy (non-hydrogen) atoms. The summed E-state index contributed by atoms with van der Waals surface area (Å²) in [5.74, 6) is -3.33. The molecule has 0 aromatic carbocycles. The molecule has 0 fully saturated rings. The summed E-state index contributed by atoms with van der Waals surface area (Å²) in [4.78, 5) is 0. The van der Waals surface area contributed by atoms with Crippen molar-refractivity contribution in [2.45, 2.75) is 6.18 Å². The van der Waals surface area contributed by atoms with E-state index in [4.69, 9.17) is 0 Å². The van der Waals surface area contributed by atoms with Crippen LogP contribution in [-0.2, 0) is 0 Å². The SMILES string of the molecule is C=C.FC(F)=C(F)C(F)(F)F.FC(F)=C(F)F. The fraction of sp³-hybridized carbons (Fsp3) is 0.143. The van der Waals surface area contributed by atoms with Crippen LogP contribution < -0.4 is 0 Å². The maximum Gasteiger partial charge on any atom is 0.448 e. The van der Waals surface area contributed by atoms with Gasteiger partial charge in [-0.2, -0.15) is 43.9 Å². The fourth-order valence-corrected chi connectivity index (χ4v) is 0.107. The first kappa shape index (κ1) is 20.9. The van der Waals surface area contributed by atoms with E-state index in [9.17, 15) is 43.9 Å². The number of halogens is 10. The molecule has 0 N–H and O–H groups in total. The number of rotatable bonds is 0. The fourth-order valence-electron chi connectivity index (χ4n) is 0.107. The van der Waals surface area contributed by atoms with Crippen molar-refractivity contribution in [1.82, 2.24) is 0 Å². The Balaban J connectivity index is -0.000000213. The van der Waals surface area contributed by atoms with Crippen LogP contribution in [0, 0.1) is 0 Å². The molecule has 0 aliphatic rings. The van der Waals surface area contributed by atoms with Crippen LogP contribution in [-0.4, -0.2) is 6.18 Å². The summed E-state index contributed by atoms with van der Waals surface area (Å²) in [7, 11) is 0. The minimum absolute atomic E-state index is 2.91. The highest BCUT2D eigenvalue weighted by Gasteiger charge is 2.38. The highest BCUT2D eigenvalue weighted by atomic mass is 19.4. The molecule has 0 atom stereocenters. The minimum Gasteiger partial charge on any atom is -0.196 e. The van der Waals surface area contributed by atoms with Crippen LogP contribution in [0.2, 0.25) is 0 Å². The van der Waals surface area contributed by atoms with Gasteiger partial charge in [-0.05, 0) is 0 Å². The zero-order chi connectivity index (χ0) is 14.8. The van der Waals surface area contributed by atoms with Crippen LogP contribution in [0.5, 0.6) is 0 Å². The molecule has 0 saturated heterocycles. The van der Waals surface area contributed by atoms with Gasteiger partial charge < -0.3 is 0 Å². The number of allylic oxidation sites excluding steroid dienone is 1. The lowest BCUT2D eigenvalue weighted by Crippen LogP contribution is -2.08. The Labute approximate surface area is 88.5 Å². The van der Waals surface area contributed by atoms with E-state index in [1.807, 2.05) is 0 Å². The molecule has 0 nitrogen and oxygen atoms in total. The monoisotopic (exact) mass is 278 g/mol. The van der Waals surface area contributed by atoms with Crippen molar-refractivity contribution in [3.05, 3.63) is 37.2 Å². The molecule has 0 unspecified atom stereocenters. The molecule has 0 heterocycles. The van der Waals surface area contributed by atoms with Gasteiger partial charge in [0.05, 0.1) is 0 Å². The van der Waals surface area contributed by atoms with Crippen molar-refractivity contribution in [2.24, 2.45) is 0 Å². The standard InChI is InChI=1S/C3F6.C2F4.C2H4/c4-1(2(5)6)3(7,8)9;3-1(4)2(5)6;1-2/h;;1-2H2. The number of hydrogen-bond donors (Lipinski definition) is 0. The van der Waals surface area contributed by atoms with Gasteiger partial charge >= 0.3 is 24.4 Å². The molecular weight excluding hydrogens is 274 g/mol. The maximum atomic E-state index is 11.0. The molecule has 0 amide bonds. The summed E-state index contributed by atoms with van der Waals surface area (Å²) in [6.07, 6.45) is -14.7. The molecular formula is C7H4F10. The third kappa shape index (κ3) is 14.5.